The van der Waals surface area contributed by atoms with E-state index in [9.17, 15) is 4.79 Å². The predicted molar refractivity (Wildman–Crippen MR) is 87.1 cm³/mol. The maximum atomic E-state index is 12.7. The molecule has 3 rings (SSSR count). The molecule has 2 aromatic carbocycles. The molecule has 1 N–H and O–H groups in total. The van der Waals surface area contributed by atoms with Crippen LogP contribution in [0.5, 0.6) is 0 Å². The zero-order chi connectivity index (χ0) is 15.2. The van der Waals surface area contributed by atoms with Crippen LogP contribution in [-0.4, -0.2) is 26.8 Å². The molecule has 22 heavy (non-hydrogen) atoms. The lowest BCUT2D eigenvalue weighted by Crippen LogP contribution is -2.27. The Kier molecular flexibility index (Phi) is 4.50. The number of aromatic amines is 1. The number of amides is 1. The highest BCUT2D eigenvalue weighted by Gasteiger charge is 2.18. The van der Waals surface area contributed by atoms with E-state index < -0.39 is 0 Å². The largest absolute Gasteiger partial charge is 0.280 e. The lowest BCUT2D eigenvalue weighted by atomic mass is 10.2. The van der Waals surface area contributed by atoms with E-state index in [1.807, 2.05) is 60.7 Å². The van der Waals surface area contributed by atoms with Gasteiger partial charge in [0.05, 0.1) is 5.75 Å². The summed E-state index contributed by atoms with van der Waals surface area (Å²) in [6, 6.07) is 19.2. The number of rotatable bonds is 5. The summed E-state index contributed by atoms with van der Waals surface area (Å²) in [4.78, 5) is 18.4. The fourth-order valence-electron chi connectivity index (χ4n) is 2.05. The molecule has 1 amide bonds. The maximum Gasteiger partial charge on any atom is 0.242 e. The average molecular weight is 310 g/mol. The van der Waals surface area contributed by atoms with E-state index in [4.69, 9.17) is 0 Å². The van der Waals surface area contributed by atoms with Crippen LogP contribution in [0.3, 0.4) is 0 Å². The molecule has 0 aliphatic carbocycles. The Bertz CT molecular complexity index is 677. The number of carbonyl (C=O) groups excluding carboxylic acids is 1. The summed E-state index contributed by atoms with van der Waals surface area (Å²) < 4.78 is 0. The highest BCUT2D eigenvalue weighted by molar-refractivity contribution is 7.99. The van der Waals surface area contributed by atoms with Gasteiger partial charge in [0, 0.05) is 11.4 Å². The number of nitrogens with one attached hydrogen (secondary N) is 1. The van der Waals surface area contributed by atoms with Crippen molar-refractivity contribution in [3.05, 3.63) is 67.0 Å². The topological polar surface area (TPSA) is 61.9 Å². The van der Waals surface area contributed by atoms with Gasteiger partial charge < -0.3 is 0 Å². The summed E-state index contributed by atoms with van der Waals surface area (Å²) in [6.45, 7) is 0. The first-order valence-corrected chi connectivity index (χ1v) is 7.74. The molecule has 0 unspecified atom stereocenters. The zero-order valence-corrected chi connectivity index (χ0v) is 12.5. The molecule has 3 aromatic rings. The number of carbonyl (C=O) groups is 1. The third-order valence-corrected chi connectivity index (χ3v) is 3.86. The van der Waals surface area contributed by atoms with E-state index in [1.54, 1.807) is 4.90 Å². The molecule has 0 aliphatic heterocycles. The normalized spacial score (nSPS) is 10.4. The molecular formula is C16H14N4OS. The second-order valence-corrected chi connectivity index (χ2v) is 5.44. The van der Waals surface area contributed by atoms with Crippen molar-refractivity contribution < 1.29 is 4.79 Å². The molecule has 5 nitrogen and oxygen atoms in total. The van der Waals surface area contributed by atoms with Crippen LogP contribution in [0.15, 0.2) is 72.1 Å². The van der Waals surface area contributed by atoms with Crippen molar-refractivity contribution >= 4 is 29.0 Å². The zero-order valence-electron chi connectivity index (χ0n) is 11.7. The van der Waals surface area contributed by atoms with Gasteiger partial charge in [0.25, 0.3) is 0 Å². The fraction of sp³-hybridized carbons (Fsp3) is 0.0625. The number of hydrogen-bond acceptors (Lipinski definition) is 4. The van der Waals surface area contributed by atoms with E-state index >= 15 is 0 Å². The van der Waals surface area contributed by atoms with Crippen molar-refractivity contribution in [3.8, 4) is 0 Å². The molecule has 1 heterocycles. The molecular weight excluding hydrogens is 296 g/mol. The van der Waals surface area contributed by atoms with E-state index in [1.165, 1.54) is 18.1 Å². The van der Waals surface area contributed by atoms with Gasteiger partial charge >= 0.3 is 0 Å². The lowest BCUT2D eigenvalue weighted by molar-refractivity contribution is -0.115. The molecule has 0 saturated carbocycles. The van der Waals surface area contributed by atoms with Crippen molar-refractivity contribution in [1.29, 1.82) is 0 Å². The lowest BCUT2D eigenvalue weighted by Gasteiger charge is -2.22. The predicted octanol–water partition coefficient (Wildman–Crippen LogP) is 3.26. The Balaban J connectivity index is 1.83. The minimum atomic E-state index is -0.0150. The van der Waals surface area contributed by atoms with Crippen LogP contribution in [0, 0.1) is 0 Å². The minimum Gasteiger partial charge on any atom is -0.280 e. The summed E-state index contributed by atoms with van der Waals surface area (Å²) in [5.41, 5.74) is 1.69. The molecule has 1 aromatic heterocycles. The second kappa shape index (κ2) is 6.91. The Morgan fingerprint density at radius 1 is 1.00 bits per heavy atom. The van der Waals surface area contributed by atoms with E-state index in [0.717, 1.165) is 11.4 Å². The van der Waals surface area contributed by atoms with Crippen LogP contribution < -0.4 is 4.90 Å². The van der Waals surface area contributed by atoms with Gasteiger partial charge in [-0.25, -0.2) is 4.98 Å². The molecule has 6 heteroatoms. The van der Waals surface area contributed by atoms with Crippen LogP contribution in [0.25, 0.3) is 0 Å². The van der Waals surface area contributed by atoms with Gasteiger partial charge in [0.2, 0.25) is 5.91 Å². The summed E-state index contributed by atoms with van der Waals surface area (Å²) in [6.07, 6.45) is 1.43. The standard InChI is InChI=1S/C16H14N4OS/c21-15(11-22-16-17-12-18-19-16)20(13-7-3-1-4-8-13)14-9-5-2-6-10-14/h1-10,12H,11H2,(H,17,18,19). The second-order valence-electron chi connectivity index (χ2n) is 4.48. The van der Waals surface area contributed by atoms with Crippen molar-refractivity contribution in [1.82, 2.24) is 15.2 Å². The molecule has 110 valence electrons. The van der Waals surface area contributed by atoms with Gasteiger partial charge in [-0.15, -0.1) is 0 Å². The van der Waals surface area contributed by atoms with Crippen LogP contribution in [0.4, 0.5) is 11.4 Å². The number of aromatic nitrogens is 3. The fourth-order valence-corrected chi connectivity index (χ4v) is 2.68. The Morgan fingerprint density at radius 3 is 2.09 bits per heavy atom. The van der Waals surface area contributed by atoms with Crippen LogP contribution in [0.1, 0.15) is 0 Å². The van der Waals surface area contributed by atoms with Gasteiger partial charge in [-0.3, -0.25) is 14.8 Å². The van der Waals surface area contributed by atoms with Crippen LogP contribution in [0.2, 0.25) is 0 Å². The van der Waals surface area contributed by atoms with Crippen molar-refractivity contribution in [3.63, 3.8) is 0 Å². The summed E-state index contributed by atoms with van der Waals surface area (Å²) in [5, 5.41) is 7.16. The average Bonchev–Trinajstić information content (AvgIpc) is 3.09. The van der Waals surface area contributed by atoms with E-state index in [-0.39, 0.29) is 11.7 Å². The van der Waals surface area contributed by atoms with Gasteiger partial charge in [-0.1, -0.05) is 48.2 Å². The Hall–Kier alpha value is -2.60. The van der Waals surface area contributed by atoms with Gasteiger partial charge in [0.15, 0.2) is 5.16 Å². The number of hydrogen-bond donors (Lipinski definition) is 1. The van der Waals surface area contributed by atoms with Crippen molar-refractivity contribution in [2.75, 3.05) is 10.7 Å². The SMILES string of the molecule is O=C(CSc1ncn[nH]1)N(c1ccccc1)c1ccccc1. The first-order valence-electron chi connectivity index (χ1n) is 6.76. The number of nitrogens with zero attached hydrogens (tertiary/aromatic N) is 3. The van der Waals surface area contributed by atoms with Crippen LogP contribution in [-0.2, 0) is 4.79 Å². The molecule has 0 bridgehead atoms. The Morgan fingerprint density at radius 2 is 1.59 bits per heavy atom. The van der Waals surface area contributed by atoms with Crippen molar-refractivity contribution in [2.45, 2.75) is 5.16 Å². The third-order valence-electron chi connectivity index (χ3n) is 3.00. The minimum absolute atomic E-state index is 0.0150. The highest BCUT2D eigenvalue weighted by atomic mass is 32.2. The molecule has 0 aliphatic rings. The third kappa shape index (κ3) is 3.35. The number of para-hydroxylation sites is 2. The number of H-pyrrole nitrogens is 1. The molecule has 0 spiro atoms. The molecule has 0 saturated heterocycles. The van der Waals surface area contributed by atoms with E-state index in [2.05, 4.69) is 15.2 Å². The summed E-state index contributed by atoms with van der Waals surface area (Å²) in [5.74, 6) is 0.262. The number of anilines is 2. The molecule has 0 radical (unpaired) electrons. The van der Waals surface area contributed by atoms with Gasteiger partial charge in [-0.05, 0) is 24.3 Å². The molecule has 0 atom stereocenters. The van der Waals surface area contributed by atoms with E-state index in [0.29, 0.717) is 5.16 Å². The smallest absolute Gasteiger partial charge is 0.242 e. The highest BCUT2D eigenvalue weighted by Crippen LogP contribution is 2.26. The monoisotopic (exact) mass is 310 g/mol. The quantitative estimate of drug-likeness (QED) is 0.735. The Labute approximate surface area is 132 Å². The summed E-state index contributed by atoms with van der Waals surface area (Å²) in [7, 11) is 0. The summed E-state index contributed by atoms with van der Waals surface area (Å²) >= 11 is 1.33. The van der Waals surface area contributed by atoms with Crippen molar-refractivity contribution in [2.24, 2.45) is 0 Å². The van der Waals surface area contributed by atoms with Crippen LogP contribution >= 0.6 is 11.8 Å². The first-order chi connectivity index (χ1) is 10.8. The molecule has 0 fully saturated rings. The number of benzene rings is 2. The number of thioether (sulfide) groups is 1. The maximum absolute atomic E-state index is 12.7. The first kappa shape index (κ1) is 14.3. The van der Waals surface area contributed by atoms with Gasteiger partial charge in [-0.2, -0.15) is 5.10 Å². The van der Waals surface area contributed by atoms with Gasteiger partial charge in [0.1, 0.15) is 6.33 Å².